The summed E-state index contributed by atoms with van der Waals surface area (Å²) in [4.78, 5) is 14.8. The SMILES string of the molecule is CC(=O)N=c1scnn1C. The van der Waals surface area contributed by atoms with Crippen LogP contribution in [0.15, 0.2) is 10.5 Å². The van der Waals surface area contributed by atoms with Gasteiger partial charge in [-0.1, -0.05) is 11.3 Å². The lowest BCUT2D eigenvalue weighted by Crippen LogP contribution is -2.13. The zero-order chi connectivity index (χ0) is 7.56. The fraction of sp³-hybridized carbons (Fsp3) is 0.400. The van der Waals surface area contributed by atoms with E-state index in [9.17, 15) is 4.79 Å². The summed E-state index contributed by atoms with van der Waals surface area (Å²) in [6, 6.07) is 0. The average Bonchev–Trinajstić information content (AvgIpc) is 2.15. The van der Waals surface area contributed by atoms with E-state index < -0.39 is 0 Å². The first-order valence-corrected chi connectivity index (χ1v) is 3.60. The summed E-state index contributed by atoms with van der Waals surface area (Å²) in [5.74, 6) is -0.195. The highest BCUT2D eigenvalue weighted by Gasteiger charge is 1.90. The largest absolute Gasteiger partial charge is 0.273 e. The summed E-state index contributed by atoms with van der Waals surface area (Å²) < 4.78 is 1.56. The van der Waals surface area contributed by atoms with Gasteiger partial charge in [0.15, 0.2) is 0 Å². The van der Waals surface area contributed by atoms with Gasteiger partial charge in [-0.05, 0) is 0 Å². The predicted molar refractivity (Wildman–Crippen MR) is 37.3 cm³/mol. The van der Waals surface area contributed by atoms with Gasteiger partial charge in [-0.3, -0.25) is 4.79 Å². The summed E-state index contributed by atoms with van der Waals surface area (Å²) in [6.07, 6.45) is 0. The van der Waals surface area contributed by atoms with Crippen molar-refractivity contribution in [3.05, 3.63) is 10.3 Å². The maximum absolute atomic E-state index is 10.5. The van der Waals surface area contributed by atoms with Crippen molar-refractivity contribution in [2.45, 2.75) is 6.92 Å². The lowest BCUT2D eigenvalue weighted by Gasteiger charge is -1.83. The summed E-state index contributed by atoms with van der Waals surface area (Å²) in [5, 5.41) is 3.86. The lowest BCUT2D eigenvalue weighted by molar-refractivity contribution is -0.116. The standard InChI is InChI=1S/C5H7N3OS/c1-4(9)7-5-8(2)6-3-10-5/h3H,1-2H3. The number of nitrogens with zero attached hydrogens (tertiary/aromatic N) is 3. The van der Waals surface area contributed by atoms with Crippen LogP contribution < -0.4 is 4.80 Å². The van der Waals surface area contributed by atoms with E-state index in [1.165, 1.54) is 18.3 Å². The molecule has 0 N–H and O–H groups in total. The van der Waals surface area contributed by atoms with Crippen LogP contribution in [0.5, 0.6) is 0 Å². The molecule has 1 heterocycles. The van der Waals surface area contributed by atoms with Gasteiger partial charge in [0.1, 0.15) is 5.51 Å². The van der Waals surface area contributed by atoms with Crippen LogP contribution in [-0.2, 0) is 11.8 Å². The molecule has 0 aliphatic carbocycles. The normalized spacial score (nSPS) is 12.0. The molecule has 1 aromatic heterocycles. The van der Waals surface area contributed by atoms with Crippen LogP contribution in [-0.4, -0.2) is 15.7 Å². The van der Waals surface area contributed by atoms with Gasteiger partial charge in [0, 0.05) is 14.0 Å². The molecule has 4 nitrogen and oxygen atoms in total. The molecule has 5 heteroatoms. The molecular formula is C5H7N3OS. The molecule has 0 aliphatic rings. The Morgan fingerprint density at radius 1 is 1.90 bits per heavy atom. The minimum atomic E-state index is -0.195. The van der Waals surface area contributed by atoms with Gasteiger partial charge in [-0.2, -0.15) is 10.1 Å². The number of rotatable bonds is 0. The third-order valence-corrected chi connectivity index (χ3v) is 1.67. The van der Waals surface area contributed by atoms with Gasteiger partial charge in [-0.15, -0.1) is 0 Å². The Kier molecular flexibility index (Phi) is 1.96. The molecular weight excluding hydrogens is 150 g/mol. The Bertz CT molecular complexity index is 298. The summed E-state index contributed by atoms with van der Waals surface area (Å²) in [6.45, 7) is 1.42. The fourth-order valence-corrected chi connectivity index (χ4v) is 1.16. The van der Waals surface area contributed by atoms with Crippen molar-refractivity contribution in [3.63, 3.8) is 0 Å². The van der Waals surface area contributed by atoms with Crippen LogP contribution in [0.2, 0.25) is 0 Å². The topological polar surface area (TPSA) is 47.2 Å². The van der Waals surface area contributed by atoms with Crippen LogP contribution in [0, 0.1) is 0 Å². The molecule has 0 bridgehead atoms. The molecule has 0 atom stereocenters. The number of hydrogen-bond acceptors (Lipinski definition) is 3. The molecule has 1 amide bonds. The fourth-order valence-electron chi connectivity index (χ4n) is 0.500. The van der Waals surface area contributed by atoms with Gasteiger partial charge in [0.05, 0.1) is 0 Å². The lowest BCUT2D eigenvalue weighted by atomic mass is 10.8. The molecule has 0 radical (unpaired) electrons. The molecule has 0 saturated heterocycles. The highest BCUT2D eigenvalue weighted by molar-refractivity contribution is 7.06. The molecule has 10 heavy (non-hydrogen) atoms. The summed E-state index contributed by atoms with van der Waals surface area (Å²) in [5.41, 5.74) is 1.64. The molecule has 1 rings (SSSR count). The van der Waals surface area contributed by atoms with E-state index in [1.807, 2.05) is 0 Å². The highest BCUT2D eigenvalue weighted by Crippen LogP contribution is 1.80. The van der Waals surface area contributed by atoms with Crippen LogP contribution in [0.3, 0.4) is 0 Å². The zero-order valence-electron chi connectivity index (χ0n) is 5.74. The number of hydrogen-bond donors (Lipinski definition) is 0. The first-order valence-electron chi connectivity index (χ1n) is 2.72. The van der Waals surface area contributed by atoms with E-state index in [1.54, 1.807) is 17.2 Å². The monoisotopic (exact) mass is 157 g/mol. The zero-order valence-corrected chi connectivity index (χ0v) is 6.55. The number of aromatic nitrogens is 2. The summed E-state index contributed by atoms with van der Waals surface area (Å²) >= 11 is 1.34. The van der Waals surface area contributed by atoms with E-state index in [0.717, 1.165) is 0 Å². The minimum absolute atomic E-state index is 0.195. The molecule has 0 unspecified atom stereocenters. The van der Waals surface area contributed by atoms with E-state index >= 15 is 0 Å². The first-order chi connectivity index (χ1) is 4.70. The van der Waals surface area contributed by atoms with Crippen molar-refractivity contribution >= 4 is 17.2 Å². The Balaban J connectivity index is 3.15. The minimum Gasteiger partial charge on any atom is -0.273 e. The second kappa shape index (κ2) is 2.74. The first kappa shape index (κ1) is 7.14. The molecule has 0 aromatic carbocycles. The van der Waals surface area contributed by atoms with E-state index in [2.05, 4.69) is 10.1 Å². The molecule has 54 valence electrons. The molecule has 1 aromatic rings. The Morgan fingerprint density at radius 2 is 2.60 bits per heavy atom. The van der Waals surface area contributed by atoms with Gasteiger partial charge >= 0.3 is 0 Å². The van der Waals surface area contributed by atoms with Crippen LogP contribution in [0.1, 0.15) is 6.92 Å². The van der Waals surface area contributed by atoms with Gasteiger partial charge in [0.25, 0.3) is 0 Å². The van der Waals surface area contributed by atoms with Gasteiger partial charge < -0.3 is 0 Å². The van der Waals surface area contributed by atoms with Crippen molar-refractivity contribution in [2.24, 2.45) is 12.0 Å². The molecule has 0 fully saturated rings. The Hall–Kier alpha value is -0.970. The van der Waals surface area contributed by atoms with Crippen LogP contribution in [0.4, 0.5) is 0 Å². The van der Waals surface area contributed by atoms with E-state index in [0.29, 0.717) is 4.80 Å². The van der Waals surface area contributed by atoms with E-state index in [-0.39, 0.29) is 5.91 Å². The second-order valence-electron chi connectivity index (χ2n) is 1.78. The smallest absolute Gasteiger partial charge is 0.245 e. The second-order valence-corrected chi connectivity index (χ2v) is 2.59. The highest BCUT2D eigenvalue weighted by atomic mass is 32.1. The van der Waals surface area contributed by atoms with Gasteiger partial charge in [0.2, 0.25) is 10.7 Å². The molecule has 0 saturated carbocycles. The molecule has 0 aliphatic heterocycles. The number of carbonyl (C=O) groups is 1. The van der Waals surface area contributed by atoms with Crippen molar-refractivity contribution in [1.29, 1.82) is 0 Å². The van der Waals surface area contributed by atoms with Crippen molar-refractivity contribution in [3.8, 4) is 0 Å². The Morgan fingerprint density at radius 3 is 3.00 bits per heavy atom. The predicted octanol–water partition coefficient (Wildman–Crippen LogP) is -0.0712. The number of amides is 1. The van der Waals surface area contributed by atoms with Crippen LogP contribution in [0.25, 0.3) is 0 Å². The number of carbonyl (C=O) groups excluding carboxylic acids is 1. The van der Waals surface area contributed by atoms with Crippen molar-refractivity contribution in [2.75, 3.05) is 0 Å². The maximum Gasteiger partial charge on any atom is 0.245 e. The third-order valence-electron chi connectivity index (χ3n) is 0.908. The molecule has 0 spiro atoms. The quantitative estimate of drug-likeness (QED) is 0.529. The third kappa shape index (κ3) is 1.51. The van der Waals surface area contributed by atoms with Crippen molar-refractivity contribution in [1.82, 2.24) is 9.78 Å². The summed E-state index contributed by atoms with van der Waals surface area (Å²) in [7, 11) is 1.75. The van der Waals surface area contributed by atoms with Crippen LogP contribution >= 0.6 is 11.3 Å². The van der Waals surface area contributed by atoms with E-state index in [4.69, 9.17) is 0 Å². The Labute approximate surface area is 61.8 Å². The van der Waals surface area contributed by atoms with Crippen molar-refractivity contribution < 1.29 is 4.79 Å². The number of aryl methyl sites for hydroxylation is 1. The average molecular weight is 157 g/mol. The maximum atomic E-state index is 10.5. The van der Waals surface area contributed by atoms with Gasteiger partial charge in [-0.25, -0.2) is 4.68 Å².